The van der Waals surface area contributed by atoms with Gasteiger partial charge >= 0.3 is 0 Å². The van der Waals surface area contributed by atoms with E-state index in [0.29, 0.717) is 12.8 Å². The molecule has 0 aromatic carbocycles. The van der Waals surface area contributed by atoms with Crippen molar-refractivity contribution in [1.29, 1.82) is 0 Å². The van der Waals surface area contributed by atoms with Crippen LogP contribution in [0.3, 0.4) is 0 Å². The average molecular weight is 358 g/mol. The first kappa shape index (κ1) is 17.2. The number of fused-ring (bicyclic) bond motifs is 1. The Morgan fingerprint density at radius 1 is 1.08 bits per heavy atom. The number of hydrogen-bond donors (Lipinski definition) is 2. The number of nitrogens with zero attached hydrogens (tertiary/aromatic N) is 2. The van der Waals surface area contributed by atoms with E-state index in [1.165, 1.54) is 0 Å². The first-order valence-electron chi connectivity index (χ1n) is 9.81. The molecule has 1 aliphatic heterocycles. The molecule has 7 heteroatoms. The summed E-state index contributed by atoms with van der Waals surface area (Å²) in [6.45, 7) is 0. The van der Waals surface area contributed by atoms with E-state index < -0.39 is 0 Å². The van der Waals surface area contributed by atoms with Gasteiger partial charge in [0.05, 0.1) is 11.7 Å². The number of hydrogen-bond acceptors (Lipinski definition) is 4. The van der Waals surface area contributed by atoms with E-state index in [4.69, 9.17) is 0 Å². The minimum Gasteiger partial charge on any atom is -0.352 e. The lowest BCUT2D eigenvalue weighted by Crippen LogP contribution is -2.47. The SMILES string of the molecule is O=C1CCC(C(=O)NC2CCC(n3nc4c(cc3=O)CCCC4)CC2)N1. The summed E-state index contributed by atoms with van der Waals surface area (Å²) >= 11 is 0. The second-order valence-corrected chi connectivity index (χ2v) is 7.78. The summed E-state index contributed by atoms with van der Waals surface area (Å²) in [7, 11) is 0. The normalized spacial score (nSPS) is 28.3. The maximum absolute atomic E-state index is 12.4. The zero-order valence-electron chi connectivity index (χ0n) is 15.0. The van der Waals surface area contributed by atoms with Gasteiger partial charge in [-0.1, -0.05) is 0 Å². The number of rotatable bonds is 3. The van der Waals surface area contributed by atoms with Crippen LogP contribution in [0.2, 0.25) is 0 Å². The van der Waals surface area contributed by atoms with E-state index in [-0.39, 0.29) is 35.5 Å². The number of aromatic nitrogens is 2. The summed E-state index contributed by atoms with van der Waals surface area (Å²) in [6.07, 6.45) is 8.58. The molecule has 1 aromatic heterocycles. The lowest BCUT2D eigenvalue weighted by Gasteiger charge is -2.30. The Bertz CT molecular complexity index is 765. The van der Waals surface area contributed by atoms with Crippen LogP contribution in [-0.4, -0.2) is 33.7 Å². The Kier molecular flexibility index (Phi) is 4.78. The summed E-state index contributed by atoms with van der Waals surface area (Å²) in [6, 6.07) is 1.63. The fraction of sp³-hybridized carbons (Fsp3) is 0.684. The molecule has 2 N–H and O–H groups in total. The third-order valence-corrected chi connectivity index (χ3v) is 5.93. The smallest absolute Gasteiger partial charge is 0.267 e. The quantitative estimate of drug-likeness (QED) is 0.843. The van der Waals surface area contributed by atoms with Crippen LogP contribution in [-0.2, 0) is 22.4 Å². The fourth-order valence-corrected chi connectivity index (χ4v) is 4.42. The van der Waals surface area contributed by atoms with Gasteiger partial charge in [-0.05, 0) is 63.4 Å². The zero-order chi connectivity index (χ0) is 18.1. The van der Waals surface area contributed by atoms with Gasteiger partial charge in [-0.3, -0.25) is 14.4 Å². The van der Waals surface area contributed by atoms with Crippen molar-refractivity contribution < 1.29 is 9.59 Å². The second-order valence-electron chi connectivity index (χ2n) is 7.78. The average Bonchev–Trinajstić information content (AvgIpc) is 3.08. The largest absolute Gasteiger partial charge is 0.352 e. The summed E-state index contributed by atoms with van der Waals surface area (Å²) in [5.41, 5.74) is 2.21. The maximum Gasteiger partial charge on any atom is 0.267 e. The third-order valence-electron chi connectivity index (χ3n) is 5.93. The van der Waals surface area contributed by atoms with Crippen molar-refractivity contribution in [3.05, 3.63) is 27.7 Å². The van der Waals surface area contributed by atoms with Gasteiger partial charge in [0.15, 0.2) is 0 Å². The van der Waals surface area contributed by atoms with Crippen molar-refractivity contribution in [3.63, 3.8) is 0 Å². The van der Waals surface area contributed by atoms with Crippen molar-refractivity contribution in [3.8, 4) is 0 Å². The lowest BCUT2D eigenvalue weighted by atomic mass is 9.90. The van der Waals surface area contributed by atoms with E-state index in [1.807, 2.05) is 0 Å². The van der Waals surface area contributed by atoms with Crippen molar-refractivity contribution in [2.75, 3.05) is 0 Å². The molecule has 7 nitrogen and oxygen atoms in total. The Morgan fingerprint density at radius 3 is 2.58 bits per heavy atom. The zero-order valence-corrected chi connectivity index (χ0v) is 15.0. The standard InChI is InChI=1S/C19H26N4O3/c24-17-10-9-16(21-17)19(26)20-13-5-7-14(8-6-13)23-18(25)11-12-3-1-2-4-15(12)22-23/h11,13-14,16H,1-10H2,(H,20,26)(H,21,24). The topological polar surface area (TPSA) is 93.1 Å². The van der Waals surface area contributed by atoms with Crippen LogP contribution in [0, 0.1) is 0 Å². The van der Waals surface area contributed by atoms with Gasteiger partial charge in [0.1, 0.15) is 6.04 Å². The highest BCUT2D eigenvalue weighted by atomic mass is 16.2. The van der Waals surface area contributed by atoms with Gasteiger partial charge in [0.2, 0.25) is 11.8 Å². The number of nitrogens with one attached hydrogen (secondary N) is 2. The number of carbonyl (C=O) groups excluding carboxylic acids is 2. The minimum absolute atomic E-state index is 0.00630. The minimum atomic E-state index is -0.384. The predicted octanol–water partition coefficient (Wildman–Crippen LogP) is 1.00. The molecule has 1 saturated carbocycles. The molecule has 1 saturated heterocycles. The van der Waals surface area contributed by atoms with Crippen LogP contribution in [0.25, 0.3) is 0 Å². The first-order valence-corrected chi connectivity index (χ1v) is 9.81. The number of amides is 2. The Balaban J connectivity index is 1.36. The van der Waals surface area contributed by atoms with Gasteiger partial charge in [-0.2, -0.15) is 5.10 Å². The first-order chi connectivity index (χ1) is 12.6. The van der Waals surface area contributed by atoms with Gasteiger partial charge < -0.3 is 10.6 Å². The van der Waals surface area contributed by atoms with Gasteiger partial charge in [0, 0.05) is 18.5 Å². The van der Waals surface area contributed by atoms with Gasteiger partial charge in [-0.25, -0.2) is 4.68 Å². The second kappa shape index (κ2) is 7.21. The molecule has 0 radical (unpaired) electrons. The molecule has 0 spiro atoms. The van der Waals surface area contributed by atoms with E-state index in [2.05, 4.69) is 15.7 Å². The molecular weight excluding hydrogens is 332 g/mol. The molecule has 4 rings (SSSR count). The van der Waals surface area contributed by atoms with Crippen LogP contribution in [0.15, 0.2) is 10.9 Å². The molecule has 3 aliphatic rings. The number of aryl methyl sites for hydroxylation is 2. The molecule has 2 fully saturated rings. The van der Waals surface area contributed by atoms with E-state index in [9.17, 15) is 14.4 Å². The molecule has 0 bridgehead atoms. The maximum atomic E-state index is 12.4. The Labute approximate surface area is 152 Å². The predicted molar refractivity (Wildman–Crippen MR) is 95.7 cm³/mol. The molecule has 1 aromatic rings. The third kappa shape index (κ3) is 3.52. The van der Waals surface area contributed by atoms with Crippen molar-refractivity contribution >= 4 is 11.8 Å². The summed E-state index contributed by atoms with van der Waals surface area (Å²) in [5, 5.41) is 10.4. The fourth-order valence-electron chi connectivity index (χ4n) is 4.42. The molecule has 2 amide bonds. The van der Waals surface area contributed by atoms with Crippen LogP contribution in [0.1, 0.15) is 68.7 Å². The molecule has 2 heterocycles. The highest BCUT2D eigenvalue weighted by Gasteiger charge is 2.31. The summed E-state index contributed by atoms with van der Waals surface area (Å²) < 4.78 is 1.68. The van der Waals surface area contributed by atoms with Gasteiger partial charge in [0.25, 0.3) is 5.56 Å². The molecule has 1 unspecified atom stereocenters. The van der Waals surface area contributed by atoms with E-state index in [0.717, 1.165) is 62.6 Å². The summed E-state index contributed by atoms with van der Waals surface area (Å²) in [5.74, 6) is -0.130. The van der Waals surface area contributed by atoms with E-state index in [1.54, 1.807) is 10.7 Å². The van der Waals surface area contributed by atoms with Crippen LogP contribution in [0.5, 0.6) is 0 Å². The van der Waals surface area contributed by atoms with E-state index >= 15 is 0 Å². The van der Waals surface area contributed by atoms with Crippen LogP contribution in [0.4, 0.5) is 0 Å². The molecule has 26 heavy (non-hydrogen) atoms. The molecule has 1 atom stereocenters. The van der Waals surface area contributed by atoms with Crippen LogP contribution >= 0.6 is 0 Å². The Morgan fingerprint density at radius 2 is 1.85 bits per heavy atom. The molecular formula is C19H26N4O3. The van der Waals surface area contributed by atoms with Crippen molar-refractivity contribution in [2.45, 2.75) is 82.3 Å². The van der Waals surface area contributed by atoms with Gasteiger partial charge in [-0.15, -0.1) is 0 Å². The highest BCUT2D eigenvalue weighted by Crippen LogP contribution is 2.28. The highest BCUT2D eigenvalue weighted by molar-refractivity contribution is 5.90. The van der Waals surface area contributed by atoms with Crippen molar-refractivity contribution in [1.82, 2.24) is 20.4 Å². The van der Waals surface area contributed by atoms with Crippen molar-refractivity contribution in [2.24, 2.45) is 0 Å². The summed E-state index contributed by atoms with van der Waals surface area (Å²) in [4.78, 5) is 35.9. The van der Waals surface area contributed by atoms with Crippen LogP contribution < -0.4 is 16.2 Å². The molecule has 2 aliphatic carbocycles. The lowest BCUT2D eigenvalue weighted by molar-refractivity contribution is -0.126. The number of carbonyl (C=O) groups is 2. The monoisotopic (exact) mass is 358 g/mol. The molecule has 140 valence electrons. The Hall–Kier alpha value is -2.18.